The van der Waals surface area contributed by atoms with Crippen LogP contribution in [0.5, 0.6) is 0 Å². The third kappa shape index (κ3) is 2.57. The van der Waals surface area contributed by atoms with Crippen molar-refractivity contribution in [2.45, 2.75) is 18.6 Å². The summed E-state index contributed by atoms with van der Waals surface area (Å²) in [5, 5.41) is 0. The van der Waals surface area contributed by atoms with Crippen LogP contribution in [0.3, 0.4) is 0 Å². The highest BCUT2D eigenvalue weighted by molar-refractivity contribution is 5.81. The van der Waals surface area contributed by atoms with Crippen LogP contribution in [0.4, 0.5) is 5.82 Å². The zero-order valence-electron chi connectivity index (χ0n) is 11.5. The van der Waals surface area contributed by atoms with E-state index in [-0.39, 0.29) is 24.7 Å². The fourth-order valence-corrected chi connectivity index (χ4v) is 2.32. The van der Waals surface area contributed by atoms with Gasteiger partial charge in [-0.25, -0.2) is 19.7 Å². The van der Waals surface area contributed by atoms with Gasteiger partial charge >= 0.3 is 5.97 Å². The predicted molar refractivity (Wildman–Crippen MR) is 74.3 cm³/mol. The summed E-state index contributed by atoms with van der Waals surface area (Å²) in [6.07, 6.45) is 7.59. The second-order valence-electron chi connectivity index (χ2n) is 4.70. The highest BCUT2D eigenvalue weighted by Crippen LogP contribution is 2.28. The van der Waals surface area contributed by atoms with Gasteiger partial charge in [-0.2, -0.15) is 0 Å². The second-order valence-corrected chi connectivity index (χ2v) is 4.70. The van der Waals surface area contributed by atoms with Crippen LogP contribution in [0.1, 0.15) is 12.5 Å². The summed E-state index contributed by atoms with van der Waals surface area (Å²) in [6, 6.07) is 0.0620. The van der Waals surface area contributed by atoms with Crippen molar-refractivity contribution >= 4 is 23.0 Å². The Labute approximate surface area is 120 Å². The molecule has 0 aromatic carbocycles. The molecule has 8 nitrogen and oxygen atoms in total. The molecule has 0 bridgehead atoms. The van der Waals surface area contributed by atoms with E-state index >= 15 is 0 Å². The first kappa shape index (κ1) is 13.5. The van der Waals surface area contributed by atoms with Gasteiger partial charge in [-0.3, -0.25) is 0 Å². The maximum atomic E-state index is 11.1. The van der Waals surface area contributed by atoms with Gasteiger partial charge in [-0.15, -0.1) is 0 Å². The number of nitrogens with two attached hydrogens (primary N) is 1. The van der Waals surface area contributed by atoms with Crippen LogP contribution in [0.25, 0.3) is 11.2 Å². The number of rotatable bonds is 4. The van der Waals surface area contributed by atoms with E-state index in [1.54, 1.807) is 6.33 Å². The maximum Gasteiger partial charge on any atom is 0.331 e. The number of hydrogen-bond donors (Lipinski definition) is 1. The lowest BCUT2D eigenvalue weighted by atomic mass is 10.2. The van der Waals surface area contributed by atoms with Gasteiger partial charge in [0.1, 0.15) is 18.5 Å². The largest absolute Gasteiger partial charge is 0.467 e. The minimum atomic E-state index is -0.388. The SMILES string of the molecule is COC(=O)CO[C@@H]1C=C[C@@H](n2cnc3c(N)ncnc32)C1. The first-order chi connectivity index (χ1) is 10.2. The van der Waals surface area contributed by atoms with E-state index in [4.69, 9.17) is 10.5 Å². The molecule has 0 spiro atoms. The van der Waals surface area contributed by atoms with Crippen LogP contribution in [0.2, 0.25) is 0 Å². The van der Waals surface area contributed by atoms with Gasteiger partial charge in [-0.05, 0) is 0 Å². The molecule has 0 radical (unpaired) electrons. The van der Waals surface area contributed by atoms with Crippen molar-refractivity contribution in [3.63, 3.8) is 0 Å². The minimum Gasteiger partial charge on any atom is -0.467 e. The highest BCUT2D eigenvalue weighted by Gasteiger charge is 2.23. The first-order valence-electron chi connectivity index (χ1n) is 6.49. The number of nitrogens with zero attached hydrogens (tertiary/aromatic N) is 4. The lowest BCUT2D eigenvalue weighted by Gasteiger charge is -2.14. The van der Waals surface area contributed by atoms with Gasteiger partial charge < -0.3 is 19.8 Å². The molecule has 110 valence electrons. The number of anilines is 1. The van der Waals surface area contributed by atoms with Gasteiger partial charge in [0.05, 0.1) is 25.6 Å². The van der Waals surface area contributed by atoms with Crippen molar-refractivity contribution in [1.82, 2.24) is 19.5 Å². The molecule has 1 aliphatic carbocycles. The fourth-order valence-electron chi connectivity index (χ4n) is 2.32. The lowest BCUT2D eigenvalue weighted by Crippen LogP contribution is -2.17. The normalized spacial score (nSPS) is 21.0. The van der Waals surface area contributed by atoms with E-state index in [0.29, 0.717) is 23.4 Å². The Morgan fingerprint density at radius 2 is 2.29 bits per heavy atom. The van der Waals surface area contributed by atoms with E-state index in [2.05, 4.69) is 19.7 Å². The van der Waals surface area contributed by atoms with E-state index in [1.165, 1.54) is 13.4 Å². The number of nitrogen functional groups attached to an aromatic ring is 1. The monoisotopic (exact) mass is 289 g/mol. The summed E-state index contributed by atoms with van der Waals surface area (Å²) in [6.45, 7) is -0.0575. The van der Waals surface area contributed by atoms with Crippen molar-refractivity contribution in [3.05, 3.63) is 24.8 Å². The summed E-state index contributed by atoms with van der Waals surface area (Å²) >= 11 is 0. The van der Waals surface area contributed by atoms with Gasteiger partial charge in [0.2, 0.25) is 0 Å². The van der Waals surface area contributed by atoms with Crippen LogP contribution < -0.4 is 5.73 Å². The van der Waals surface area contributed by atoms with Crippen LogP contribution in [-0.2, 0) is 14.3 Å². The molecule has 3 rings (SSSR count). The highest BCUT2D eigenvalue weighted by atomic mass is 16.6. The maximum absolute atomic E-state index is 11.1. The Kier molecular flexibility index (Phi) is 3.53. The number of aromatic nitrogens is 4. The van der Waals surface area contributed by atoms with Crippen LogP contribution in [0, 0.1) is 0 Å². The summed E-state index contributed by atoms with van der Waals surface area (Å²) in [5.74, 6) is -0.0281. The molecule has 2 aromatic heterocycles. The molecule has 21 heavy (non-hydrogen) atoms. The molecule has 1 aliphatic rings. The molecule has 0 amide bonds. The number of allylic oxidation sites excluding steroid dienone is 1. The smallest absolute Gasteiger partial charge is 0.331 e. The lowest BCUT2D eigenvalue weighted by molar-refractivity contribution is -0.147. The standard InChI is InChI=1S/C13H15N5O3/c1-20-10(19)5-21-9-3-2-8(4-9)18-7-17-11-12(14)15-6-16-13(11)18/h2-3,6-9H,4-5H2,1H3,(H2,14,15,16)/t8-,9-/m1/s1. The third-order valence-electron chi connectivity index (χ3n) is 3.41. The van der Waals surface area contributed by atoms with E-state index in [0.717, 1.165) is 0 Å². The number of carbonyl (C=O) groups is 1. The number of carbonyl (C=O) groups excluding carboxylic acids is 1. The molecular formula is C13H15N5O3. The molecule has 8 heteroatoms. The average molecular weight is 289 g/mol. The van der Waals surface area contributed by atoms with E-state index in [9.17, 15) is 4.79 Å². The van der Waals surface area contributed by atoms with Crippen molar-refractivity contribution in [1.29, 1.82) is 0 Å². The Hall–Kier alpha value is -2.48. The second kappa shape index (κ2) is 5.49. The molecular weight excluding hydrogens is 274 g/mol. The molecule has 0 saturated carbocycles. The van der Waals surface area contributed by atoms with Crippen molar-refractivity contribution in [2.75, 3.05) is 19.5 Å². The molecule has 2 aromatic rings. The molecule has 2 atom stereocenters. The summed E-state index contributed by atoms with van der Waals surface area (Å²) in [7, 11) is 1.33. The molecule has 0 fully saturated rings. The number of esters is 1. The first-order valence-corrected chi connectivity index (χ1v) is 6.49. The van der Waals surface area contributed by atoms with Gasteiger partial charge in [0.25, 0.3) is 0 Å². The summed E-state index contributed by atoms with van der Waals surface area (Å²) in [5.41, 5.74) is 7.04. The Bertz CT molecular complexity index is 696. The number of methoxy groups -OCH3 is 1. The van der Waals surface area contributed by atoms with Crippen LogP contribution >= 0.6 is 0 Å². The molecule has 2 N–H and O–H groups in total. The minimum absolute atomic E-state index is 0.0575. The average Bonchev–Trinajstić information content (AvgIpc) is 3.11. The molecule has 0 saturated heterocycles. The van der Waals surface area contributed by atoms with Crippen molar-refractivity contribution in [2.24, 2.45) is 0 Å². The molecule has 2 heterocycles. The summed E-state index contributed by atoms with van der Waals surface area (Å²) in [4.78, 5) is 23.4. The van der Waals surface area contributed by atoms with Gasteiger partial charge in [0, 0.05) is 6.42 Å². The number of hydrogen-bond acceptors (Lipinski definition) is 7. The van der Waals surface area contributed by atoms with Crippen molar-refractivity contribution in [3.8, 4) is 0 Å². The quantitative estimate of drug-likeness (QED) is 0.644. The van der Waals surface area contributed by atoms with E-state index in [1.807, 2.05) is 16.7 Å². The zero-order chi connectivity index (χ0) is 14.8. The predicted octanol–water partition coefficient (Wildman–Crippen LogP) is 0.468. The Morgan fingerprint density at radius 3 is 3.10 bits per heavy atom. The van der Waals surface area contributed by atoms with E-state index < -0.39 is 0 Å². The number of imidazole rings is 1. The Balaban J connectivity index is 1.72. The molecule has 0 aliphatic heterocycles. The van der Waals surface area contributed by atoms with Gasteiger partial charge in [-0.1, -0.05) is 12.2 Å². The topological polar surface area (TPSA) is 105 Å². The van der Waals surface area contributed by atoms with Crippen LogP contribution in [-0.4, -0.2) is 45.3 Å². The van der Waals surface area contributed by atoms with Crippen LogP contribution in [0.15, 0.2) is 24.8 Å². The zero-order valence-corrected chi connectivity index (χ0v) is 11.5. The summed E-state index contributed by atoms with van der Waals surface area (Å²) < 4.78 is 11.9. The van der Waals surface area contributed by atoms with Crippen molar-refractivity contribution < 1.29 is 14.3 Å². The number of fused-ring (bicyclic) bond motifs is 1. The Morgan fingerprint density at radius 1 is 1.43 bits per heavy atom. The van der Waals surface area contributed by atoms with Gasteiger partial charge in [0.15, 0.2) is 11.5 Å². The number of ether oxygens (including phenoxy) is 2. The molecule has 0 unspecified atom stereocenters. The fraction of sp³-hybridized carbons (Fsp3) is 0.385. The third-order valence-corrected chi connectivity index (χ3v) is 3.41.